The highest BCUT2D eigenvalue weighted by Crippen LogP contribution is 2.26. The van der Waals surface area contributed by atoms with E-state index < -0.39 is 20.0 Å². The SMILES string of the molecule is N#CCCCCS(=O)(=O)N1CCN(S(=O)(=O)c2ccc3c(c2)CCCC3)CC1. The highest BCUT2D eigenvalue weighted by atomic mass is 32.2. The van der Waals surface area contributed by atoms with Gasteiger partial charge in [0.25, 0.3) is 0 Å². The fraction of sp³-hybridized carbons (Fsp3) is 0.632. The molecule has 1 heterocycles. The van der Waals surface area contributed by atoms with Crippen molar-refractivity contribution in [2.75, 3.05) is 31.9 Å². The summed E-state index contributed by atoms with van der Waals surface area (Å²) in [6.07, 6.45) is 5.50. The summed E-state index contributed by atoms with van der Waals surface area (Å²) in [6, 6.07) is 7.40. The Balaban J connectivity index is 1.63. The number of sulfonamides is 2. The Kier molecular flexibility index (Phi) is 6.76. The number of benzene rings is 1. The van der Waals surface area contributed by atoms with E-state index in [-0.39, 0.29) is 31.9 Å². The minimum atomic E-state index is -3.61. The van der Waals surface area contributed by atoms with Gasteiger partial charge in [-0.15, -0.1) is 0 Å². The normalized spacial score (nSPS) is 19.1. The monoisotopic (exact) mass is 425 g/mol. The molecule has 0 unspecified atom stereocenters. The molecule has 1 saturated heterocycles. The largest absolute Gasteiger partial charge is 0.243 e. The van der Waals surface area contributed by atoms with Crippen molar-refractivity contribution in [2.24, 2.45) is 0 Å². The number of fused-ring (bicyclic) bond motifs is 1. The van der Waals surface area contributed by atoms with Gasteiger partial charge in [-0.25, -0.2) is 16.8 Å². The van der Waals surface area contributed by atoms with Crippen LogP contribution in [0.15, 0.2) is 23.1 Å². The Morgan fingerprint density at radius 1 is 0.893 bits per heavy atom. The van der Waals surface area contributed by atoms with Crippen LogP contribution in [-0.2, 0) is 32.9 Å². The molecule has 2 aliphatic rings. The second-order valence-corrected chi connectivity index (χ2v) is 11.4. The van der Waals surface area contributed by atoms with Crippen LogP contribution in [-0.4, -0.2) is 57.4 Å². The van der Waals surface area contributed by atoms with Crippen molar-refractivity contribution in [3.63, 3.8) is 0 Å². The molecule has 1 aromatic rings. The molecule has 9 heteroatoms. The predicted octanol–water partition coefficient (Wildman–Crippen LogP) is 1.90. The maximum Gasteiger partial charge on any atom is 0.243 e. The van der Waals surface area contributed by atoms with Crippen molar-refractivity contribution in [2.45, 2.75) is 49.8 Å². The summed E-state index contributed by atoms with van der Waals surface area (Å²) in [4.78, 5) is 0.306. The van der Waals surface area contributed by atoms with Gasteiger partial charge in [0.15, 0.2) is 0 Å². The summed E-state index contributed by atoms with van der Waals surface area (Å²) < 4.78 is 53.6. The van der Waals surface area contributed by atoms with Crippen LogP contribution in [0.2, 0.25) is 0 Å². The standard InChI is InChI=1S/C19H27N3O4S2/c20-10-4-1-5-15-27(23,24)21-11-13-22(14-12-21)28(25,26)19-9-8-17-6-2-3-7-18(17)16-19/h8-9,16H,1-7,11-15H2. The quantitative estimate of drug-likeness (QED) is 0.621. The van der Waals surface area contributed by atoms with Crippen molar-refractivity contribution in [3.05, 3.63) is 29.3 Å². The van der Waals surface area contributed by atoms with E-state index in [4.69, 9.17) is 5.26 Å². The number of hydrogen-bond donors (Lipinski definition) is 0. The van der Waals surface area contributed by atoms with Gasteiger partial charge >= 0.3 is 0 Å². The van der Waals surface area contributed by atoms with Crippen LogP contribution in [0.25, 0.3) is 0 Å². The van der Waals surface area contributed by atoms with Gasteiger partial charge in [-0.1, -0.05) is 6.07 Å². The third kappa shape index (κ3) is 4.74. The molecule has 1 aliphatic carbocycles. The van der Waals surface area contributed by atoms with Crippen LogP contribution in [0.3, 0.4) is 0 Å². The Morgan fingerprint density at radius 3 is 2.21 bits per heavy atom. The molecule has 0 radical (unpaired) electrons. The van der Waals surface area contributed by atoms with Crippen LogP contribution in [0.5, 0.6) is 0 Å². The number of nitriles is 1. The highest BCUT2D eigenvalue weighted by Gasteiger charge is 2.33. The van der Waals surface area contributed by atoms with Gasteiger partial charge in [0, 0.05) is 32.6 Å². The number of piperazine rings is 1. The van der Waals surface area contributed by atoms with E-state index in [1.807, 2.05) is 12.1 Å². The molecule has 0 saturated carbocycles. The van der Waals surface area contributed by atoms with E-state index >= 15 is 0 Å². The lowest BCUT2D eigenvalue weighted by molar-refractivity contribution is 0.272. The first-order valence-electron chi connectivity index (χ1n) is 9.81. The second-order valence-electron chi connectivity index (χ2n) is 7.37. The first-order valence-corrected chi connectivity index (χ1v) is 12.9. The third-order valence-corrected chi connectivity index (χ3v) is 9.34. The van der Waals surface area contributed by atoms with Crippen LogP contribution in [0.4, 0.5) is 0 Å². The fourth-order valence-corrected chi connectivity index (χ4v) is 6.85. The number of rotatable bonds is 7. The average Bonchev–Trinajstić information content (AvgIpc) is 2.71. The minimum absolute atomic E-state index is 0.00620. The van der Waals surface area contributed by atoms with Crippen LogP contribution >= 0.6 is 0 Å². The first-order chi connectivity index (χ1) is 13.3. The van der Waals surface area contributed by atoms with Crippen molar-refractivity contribution >= 4 is 20.0 Å². The smallest absolute Gasteiger partial charge is 0.212 e. The molecular formula is C19H27N3O4S2. The summed E-state index contributed by atoms with van der Waals surface area (Å²) in [5.74, 6) is 0.00620. The number of aryl methyl sites for hydroxylation is 2. The van der Waals surface area contributed by atoms with E-state index in [2.05, 4.69) is 0 Å². The average molecular weight is 426 g/mol. The second kappa shape index (κ2) is 8.91. The van der Waals surface area contributed by atoms with Gasteiger partial charge in [-0.05, 0) is 61.8 Å². The van der Waals surface area contributed by atoms with E-state index in [1.54, 1.807) is 12.1 Å². The van der Waals surface area contributed by atoms with Crippen LogP contribution < -0.4 is 0 Å². The van der Waals surface area contributed by atoms with Crippen LogP contribution in [0.1, 0.15) is 43.2 Å². The Morgan fingerprint density at radius 2 is 1.54 bits per heavy atom. The zero-order chi connectivity index (χ0) is 20.2. The van der Waals surface area contributed by atoms with Crippen molar-refractivity contribution in [3.8, 4) is 6.07 Å². The van der Waals surface area contributed by atoms with Crippen molar-refractivity contribution in [1.82, 2.24) is 8.61 Å². The van der Waals surface area contributed by atoms with Gasteiger partial charge in [-0.3, -0.25) is 0 Å². The van der Waals surface area contributed by atoms with E-state index in [9.17, 15) is 16.8 Å². The molecule has 1 aromatic carbocycles. The summed E-state index contributed by atoms with van der Waals surface area (Å²) in [6.45, 7) is 0.670. The van der Waals surface area contributed by atoms with E-state index in [0.717, 1.165) is 31.2 Å². The van der Waals surface area contributed by atoms with Gasteiger partial charge in [0.05, 0.1) is 16.7 Å². The van der Waals surface area contributed by atoms with Gasteiger partial charge in [-0.2, -0.15) is 13.9 Å². The molecule has 0 spiro atoms. The molecule has 3 rings (SSSR count). The zero-order valence-electron chi connectivity index (χ0n) is 16.0. The summed E-state index contributed by atoms with van der Waals surface area (Å²) in [5, 5.41) is 8.54. The molecule has 28 heavy (non-hydrogen) atoms. The summed E-state index contributed by atoms with van der Waals surface area (Å²) in [7, 11) is -7.02. The lowest BCUT2D eigenvalue weighted by Gasteiger charge is -2.33. The third-order valence-electron chi connectivity index (χ3n) is 5.49. The molecule has 0 atom stereocenters. The van der Waals surface area contributed by atoms with Crippen LogP contribution in [0, 0.1) is 11.3 Å². The van der Waals surface area contributed by atoms with E-state index in [0.29, 0.717) is 24.2 Å². The van der Waals surface area contributed by atoms with Crippen molar-refractivity contribution < 1.29 is 16.8 Å². The topological polar surface area (TPSA) is 98.5 Å². The molecule has 0 N–H and O–H groups in total. The summed E-state index contributed by atoms with van der Waals surface area (Å²) >= 11 is 0. The number of unbranched alkanes of at least 4 members (excludes halogenated alkanes) is 2. The number of nitrogens with zero attached hydrogens (tertiary/aromatic N) is 3. The highest BCUT2D eigenvalue weighted by molar-refractivity contribution is 7.89. The summed E-state index contributed by atoms with van der Waals surface area (Å²) in [5.41, 5.74) is 2.35. The fourth-order valence-electron chi connectivity index (χ4n) is 3.83. The van der Waals surface area contributed by atoms with E-state index in [1.165, 1.54) is 14.2 Å². The molecule has 7 nitrogen and oxygen atoms in total. The predicted molar refractivity (Wildman–Crippen MR) is 107 cm³/mol. The Labute approximate surface area is 168 Å². The minimum Gasteiger partial charge on any atom is -0.212 e. The van der Waals surface area contributed by atoms with Gasteiger partial charge in [0.1, 0.15) is 0 Å². The maximum absolute atomic E-state index is 13.0. The molecule has 154 valence electrons. The first kappa shape index (κ1) is 21.2. The zero-order valence-corrected chi connectivity index (χ0v) is 17.6. The molecular weight excluding hydrogens is 398 g/mol. The Bertz CT molecular complexity index is 944. The molecule has 1 aliphatic heterocycles. The maximum atomic E-state index is 13.0. The molecule has 0 bridgehead atoms. The van der Waals surface area contributed by atoms with Crippen molar-refractivity contribution in [1.29, 1.82) is 5.26 Å². The molecule has 0 amide bonds. The van der Waals surface area contributed by atoms with Gasteiger partial charge in [0.2, 0.25) is 20.0 Å². The lowest BCUT2D eigenvalue weighted by atomic mass is 9.92. The van der Waals surface area contributed by atoms with Gasteiger partial charge < -0.3 is 0 Å². The lowest BCUT2D eigenvalue weighted by Crippen LogP contribution is -2.50. The molecule has 1 fully saturated rings. The Hall–Kier alpha value is -1.47. The molecule has 0 aromatic heterocycles. The number of hydrogen-bond acceptors (Lipinski definition) is 5.